The van der Waals surface area contributed by atoms with E-state index in [1.807, 2.05) is 17.8 Å². The Kier molecular flexibility index (Phi) is 7.89. The van der Waals surface area contributed by atoms with E-state index in [2.05, 4.69) is 36.3 Å². The average molecular weight is 252 g/mol. The van der Waals surface area contributed by atoms with Gasteiger partial charge in [-0.2, -0.15) is 11.8 Å². The quantitative estimate of drug-likeness (QED) is 0.662. The van der Waals surface area contributed by atoms with Gasteiger partial charge in [-0.3, -0.25) is 0 Å². The third-order valence-corrected chi connectivity index (χ3v) is 3.58. The van der Waals surface area contributed by atoms with Crippen molar-refractivity contribution >= 4 is 17.6 Å². The first-order valence-corrected chi connectivity index (χ1v) is 7.79. The van der Waals surface area contributed by atoms with E-state index in [0.29, 0.717) is 0 Å². The molecule has 1 N–H and O–H groups in total. The Morgan fingerprint density at radius 2 is 2.06 bits per heavy atom. The molecule has 96 valence electrons. The average Bonchev–Trinajstić information content (AvgIpc) is 2.37. The summed E-state index contributed by atoms with van der Waals surface area (Å²) < 4.78 is 0. The van der Waals surface area contributed by atoms with Crippen LogP contribution in [0.4, 0.5) is 5.82 Å². The number of hydrogen-bond donors (Lipinski definition) is 1. The number of unbranched alkanes of at least 4 members (excludes halogenated alkanes) is 2. The van der Waals surface area contributed by atoms with Crippen LogP contribution in [0.2, 0.25) is 0 Å². The fourth-order valence-electron chi connectivity index (χ4n) is 1.54. The Labute approximate surface area is 110 Å². The van der Waals surface area contributed by atoms with Gasteiger partial charge in [0, 0.05) is 12.3 Å². The lowest BCUT2D eigenvalue weighted by atomic mass is 10.3. The van der Waals surface area contributed by atoms with Crippen LogP contribution in [0.5, 0.6) is 0 Å². The topological polar surface area (TPSA) is 24.9 Å². The molecular formula is C14H24N2S. The molecular weight excluding hydrogens is 228 g/mol. The molecule has 0 aliphatic heterocycles. The van der Waals surface area contributed by atoms with E-state index < -0.39 is 0 Å². The van der Waals surface area contributed by atoms with E-state index in [-0.39, 0.29) is 0 Å². The lowest BCUT2D eigenvalue weighted by molar-refractivity contribution is 0.778. The zero-order valence-electron chi connectivity index (χ0n) is 11.0. The van der Waals surface area contributed by atoms with Crippen molar-refractivity contribution in [2.75, 3.05) is 17.6 Å². The molecule has 0 saturated carbocycles. The Balaban J connectivity index is 2.27. The molecule has 1 aromatic heterocycles. The Morgan fingerprint density at radius 3 is 2.82 bits per heavy atom. The molecule has 17 heavy (non-hydrogen) atoms. The zero-order valence-corrected chi connectivity index (χ0v) is 11.9. The van der Waals surface area contributed by atoms with Crippen molar-refractivity contribution in [1.82, 2.24) is 4.98 Å². The maximum Gasteiger partial charge on any atom is 0.126 e. The highest BCUT2D eigenvalue weighted by molar-refractivity contribution is 7.98. The molecule has 0 saturated heterocycles. The maximum absolute atomic E-state index is 4.60. The van der Waals surface area contributed by atoms with Gasteiger partial charge < -0.3 is 5.32 Å². The molecule has 0 unspecified atom stereocenters. The van der Waals surface area contributed by atoms with Gasteiger partial charge in [0.15, 0.2) is 0 Å². The molecule has 1 heterocycles. The number of rotatable bonds is 9. The molecule has 1 rings (SSSR count). The van der Waals surface area contributed by atoms with E-state index >= 15 is 0 Å². The minimum Gasteiger partial charge on any atom is -0.370 e. The number of thioether (sulfide) groups is 1. The highest BCUT2D eigenvalue weighted by Gasteiger charge is 1.97. The van der Waals surface area contributed by atoms with Crippen molar-refractivity contribution in [3.8, 4) is 0 Å². The van der Waals surface area contributed by atoms with Crippen molar-refractivity contribution in [1.29, 1.82) is 0 Å². The van der Waals surface area contributed by atoms with Gasteiger partial charge in [0.1, 0.15) is 5.82 Å². The Morgan fingerprint density at radius 1 is 1.18 bits per heavy atom. The summed E-state index contributed by atoms with van der Waals surface area (Å²) in [5.74, 6) is 3.30. The highest BCUT2D eigenvalue weighted by atomic mass is 32.2. The predicted octanol–water partition coefficient (Wildman–Crippen LogP) is 4.33. The standard InChI is InChI=1S/C14H24N2S/c1-3-5-6-11-17-12-13-8-7-9-14(16-13)15-10-4-2/h7-9H,3-6,10-12H2,1-2H3,(H,15,16). The summed E-state index contributed by atoms with van der Waals surface area (Å²) in [5.41, 5.74) is 1.19. The normalized spacial score (nSPS) is 10.5. The summed E-state index contributed by atoms with van der Waals surface area (Å²) in [4.78, 5) is 4.60. The molecule has 2 nitrogen and oxygen atoms in total. The molecule has 0 bridgehead atoms. The van der Waals surface area contributed by atoms with Gasteiger partial charge in [-0.25, -0.2) is 4.98 Å². The van der Waals surface area contributed by atoms with Gasteiger partial charge in [0.2, 0.25) is 0 Å². The summed E-state index contributed by atoms with van der Waals surface area (Å²) in [6, 6.07) is 6.25. The van der Waals surface area contributed by atoms with Gasteiger partial charge in [0.25, 0.3) is 0 Å². The van der Waals surface area contributed by atoms with Crippen LogP contribution in [-0.4, -0.2) is 17.3 Å². The summed E-state index contributed by atoms with van der Waals surface area (Å²) in [5, 5.41) is 3.33. The van der Waals surface area contributed by atoms with Crippen LogP contribution < -0.4 is 5.32 Å². The maximum atomic E-state index is 4.60. The van der Waals surface area contributed by atoms with Crippen molar-refractivity contribution in [3.63, 3.8) is 0 Å². The first kappa shape index (κ1) is 14.4. The first-order chi connectivity index (χ1) is 8.36. The van der Waals surface area contributed by atoms with Gasteiger partial charge in [-0.1, -0.05) is 32.8 Å². The summed E-state index contributed by atoms with van der Waals surface area (Å²) >= 11 is 1.99. The van der Waals surface area contributed by atoms with E-state index in [9.17, 15) is 0 Å². The second-order valence-corrected chi connectivity index (χ2v) is 5.31. The second kappa shape index (κ2) is 9.34. The van der Waals surface area contributed by atoms with Gasteiger partial charge in [-0.15, -0.1) is 0 Å². The first-order valence-electron chi connectivity index (χ1n) is 6.64. The molecule has 0 aliphatic rings. The van der Waals surface area contributed by atoms with Gasteiger partial charge in [0.05, 0.1) is 5.69 Å². The second-order valence-electron chi connectivity index (χ2n) is 4.20. The Bertz CT molecular complexity index is 302. The minimum absolute atomic E-state index is 1.00. The zero-order chi connectivity index (χ0) is 12.3. The van der Waals surface area contributed by atoms with Crippen LogP contribution in [0.15, 0.2) is 18.2 Å². The van der Waals surface area contributed by atoms with E-state index in [0.717, 1.165) is 24.5 Å². The van der Waals surface area contributed by atoms with Crippen LogP contribution in [0.3, 0.4) is 0 Å². The van der Waals surface area contributed by atoms with Crippen LogP contribution in [-0.2, 0) is 5.75 Å². The van der Waals surface area contributed by atoms with E-state index in [1.165, 1.54) is 30.7 Å². The number of nitrogens with zero attached hydrogens (tertiary/aromatic N) is 1. The van der Waals surface area contributed by atoms with Crippen LogP contribution in [0, 0.1) is 0 Å². The molecule has 0 atom stereocenters. The lowest BCUT2D eigenvalue weighted by Gasteiger charge is -2.06. The smallest absolute Gasteiger partial charge is 0.126 e. The van der Waals surface area contributed by atoms with Crippen molar-refractivity contribution < 1.29 is 0 Å². The number of hydrogen-bond acceptors (Lipinski definition) is 3. The van der Waals surface area contributed by atoms with Crippen molar-refractivity contribution in [2.24, 2.45) is 0 Å². The molecule has 1 aromatic rings. The third-order valence-electron chi connectivity index (χ3n) is 2.51. The van der Waals surface area contributed by atoms with Gasteiger partial charge >= 0.3 is 0 Å². The minimum atomic E-state index is 1.00. The molecule has 0 fully saturated rings. The Hall–Kier alpha value is -0.700. The van der Waals surface area contributed by atoms with Crippen LogP contribution in [0.25, 0.3) is 0 Å². The molecule has 3 heteroatoms. The molecule has 0 aromatic carbocycles. The lowest BCUT2D eigenvalue weighted by Crippen LogP contribution is -2.02. The highest BCUT2D eigenvalue weighted by Crippen LogP contribution is 2.14. The third kappa shape index (κ3) is 6.57. The number of pyridine rings is 1. The van der Waals surface area contributed by atoms with Gasteiger partial charge in [-0.05, 0) is 30.7 Å². The monoisotopic (exact) mass is 252 g/mol. The number of aromatic nitrogens is 1. The fraction of sp³-hybridized carbons (Fsp3) is 0.643. The fourth-order valence-corrected chi connectivity index (χ4v) is 2.46. The van der Waals surface area contributed by atoms with Crippen molar-refractivity contribution in [3.05, 3.63) is 23.9 Å². The summed E-state index contributed by atoms with van der Waals surface area (Å²) in [6.07, 6.45) is 5.11. The van der Waals surface area contributed by atoms with Crippen LogP contribution >= 0.6 is 11.8 Å². The summed E-state index contributed by atoms with van der Waals surface area (Å²) in [7, 11) is 0. The summed E-state index contributed by atoms with van der Waals surface area (Å²) in [6.45, 7) is 5.41. The van der Waals surface area contributed by atoms with Crippen LogP contribution in [0.1, 0.15) is 45.2 Å². The number of anilines is 1. The number of nitrogens with one attached hydrogen (secondary N) is 1. The van der Waals surface area contributed by atoms with E-state index in [4.69, 9.17) is 0 Å². The molecule has 0 amide bonds. The van der Waals surface area contributed by atoms with E-state index in [1.54, 1.807) is 0 Å². The largest absolute Gasteiger partial charge is 0.370 e. The van der Waals surface area contributed by atoms with Crippen molar-refractivity contribution in [2.45, 2.75) is 45.3 Å². The molecule has 0 radical (unpaired) electrons. The SMILES string of the molecule is CCCCCSCc1cccc(NCCC)n1. The predicted molar refractivity (Wildman–Crippen MR) is 78.7 cm³/mol. The molecule has 0 aliphatic carbocycles. The molecule has 0 spiro atoms.